The fourth-order valence-electron chi connectivity index (χ4n) is 4.59. The van der Waals surface area contributed by atoms with Crippen molar-refractivity contribution in [1.29, 1.82) is 0 Å². The van der Waals surface area contributed by atoms with Crippen molar-refractivity contribution < 1.29 is 9.59 Å². The molecular formula is C25H27N5O2. The number of amides is 2. The van der Waals surface area contributed by atoms with Gasteiger partial charge in [0.25, 0.3) is 0 Å². The van der Waals surface area contributed by atoms with Gasteiger partial charge in [-0.25, -0.2) is 4.98 Å². The molecular weight excluding hydrogens is 402 g/mol. The Morgan fingerprint density at radius 1 is 1.31 bits per heavy atom. The lowest BCUT2D eigenvalue weighted by atomic mass is 10.1. The molecule has 32 heavy (non-hydrogen) atoms. The van der Waals surface area contributed by atoms with Gasteiger partial charge in [0.2, 0.25) is 11.8 Å². The predicted molar refractivity (Wildman–Crippen MR) is 125 cm³/mol. The van der Waals surface area contributed by atoms with Gasteiger partial charge >= 0.3 is 0 Å². The SMILES string of the molecule is CC(c1cc2ccccc2[nH]1)N(C)C(=O)C=Cc1cnc2c(c1)CN1CCC[C@@H]1C(=O)N2. The van der Waals surface area contributed by atoms with Crippen LogP contribution < -0.4 is 5.32 Å². The number of para-hydroxylation sites is 1. The van der Waals surface area contributed by atoms with E-state index in [-0.39, 0.29) is 23.9 Å². The van der Waals surface area contributed by atoms with Crippen molar-refractivity contribution in [3.63, 3.8) is 0 Å². The van der Waals surface area contributed by atoms with Crippen LogP contribution in [-0.4, -0.2) is 51.2 Å². The molecule has 2 aliphatic rings. The molecule has 2 N–H and O–H groups in total. The summed E-state index contributed by atoms with van der Waals surface area (Å²) in [6.45, 7) is 3.63. The summed E-state index contributed by atoms with van der Waals surface area (Å²) >= 11 is 0. The van der Waals surface area contributed by atoms with Gasteiger partial charge in [0.05, 0.1) is 12.1 Å². The third-order valence-corrected chi connectivity index (χ3v) is 6.62. The number of aromatic amines is 1. The highest BCUT2D eigenvalue weighted by Crippen LogP contribution is 2.28. The smallest absolute Gasteiger partial charge is 0.246 e. The van der Waals surface area contributed by atoms with Crippen LogP contribution in [0.4, 0.5) is 5.82 Å². The van der Waals surface area contributed by atoms with E-state index in [9.17, 15) is 9.59 Å². The Hall–Kier alpha value is -3.45. The summed E-state index contributed by atoms with van der Waals surface area (Å²) in [5.41, 5.74) is 3.89. The molecule has 4 heterocycles. The van der Waals surface area contributed by atoms with Crippen molar-refractivity contribution in [3.05, 3.63) is 65.5 Å². The molecule has 0 aliphatic carbocycles. The number of H-pyrrole nitrogens is 1. The van der Waals surface area contributed by atoms with Gasteiger partial charge in [0.15, 0.2) is 0 Å². The second kappa shape index (κ2) is 8.24. The lowest BCUT2D eigenvalue weighted by Crippen LogP contribution is -2.36. The second-order valence-electron chi connectivity index (χ2n) is 8.66. The van der Waals surface area contributed by atoms with Gasteiger partial charge in [-0.3, -0.25) is 14.5 Å². The van der Waals surface area contributed by atoms with E-state index in [4.69, 9.17) is 0 Å². The topological polar surface area (TPSA) is 81.3 Å². The number of pyridine rings is 1. The minimum Gasteiger partial charge on any atom is -0.357 e. The maximum absolute atomic E-state index is 12.8. The van der Waals surface area contributed by atoms with Crippen LogP contribution in [0.5, 0.6) is 0 Å². The number of likely N-dealkylation sites (N-methyl/N-ethyl adjacent to an activating group) is 1. The zero-order valence-electron chi connectivity index (χ0n) is 18.3. The Labute approximate surface area is 187 Å². The van der Waals surface area contributed by atoms with Crippen LogP contribution in [0.3, 0.4) is 0 Å². The summed E-state index contributed by atoms with van der Waals surface area (Å²) in [7, 11) is 1.81. The van der Waals surface area contributed by atoms with Crippen molar-refractivity contribution in [3.8, 4) is 0 Å². The van der Waals surface area contributed by atoms with Crippen LogP contribution in [0.25, 0.3) is 17.0 Å². The van der Waals surface area contributed by atoms with E-state index in [1.807, 2.05) is 31.2 Å². The Kier molecular flexibility index (Phi) is 5.27. The number of carbonyl (C=O) groups excluding carboxylic acids is 2. The van der Waals surface area contributed by atoms with Crippen LogP contribution in [0.1, 0.15) is 42.6 Å². The van der Waals surface area contributed by atoms with E-state index in [0.29, 0.717) is 12.4 Å². The summed E-state index contributed by atoms with van der Waals surface area (Å²) in [5, 5.41) is 4.09. The number of anilines is 1. The number of aromatic nitrogens is 2. The fraction of sp³-hybridized carbons (Fsp3) is 0.320. The Bertz CT molecular complexity index is 1180. The molecule has 1 fully saturated rings. The summed E-state index contributed by atoms with van der Waals surface area (Å²) in [4.78, 5) is 37.0. The highest BCUT2D eigenvalue weighted by molar-refractivity contribution is 5.96. The summed E-state index contributed by atoms with van der Waals surface area (Å²) in [5.74, 6) is 0.566. The first kappa shape index (κ1) is 20.5. The molecule has 0 bridgehead atoms. The van der Waals surface area contributed by atoms with Crippen LogP contribution in [0, 0.1) is 0 Å². The van der Waals surface area contributed by atoms with E-state index >= 15 is 0 Å². The predicted octanol–water partition coefficient (Wildman–Crippen LogP) is 3.71. The molecule has 1 aromatic carbocycles. The van der Waals surface area contributed by atoms with Crippen molar-refractivity contribution >= 4 is 34.6 Å². The van der Waals surface area contributed by atoms with Crippen LogP contribution in [0.15, 0.2) is 48.7 Å². The highest BCUT2D eigenvalue weighted by atomic mass is 16.2. The molecule has 0 saturated carbocycles. The standard InChI is InChI=1S/C25H27N5O2/c1-16(21-13-18-6-3-4-7-20(18)27-21)29(2)23(31)10-9-17-12-19-15-30-11-5-8-22(30)25(32)28-24(19)26-14-17/h3-4,6-7,9-10,12-14,16,22,27H,5,8,11,15H2,1-2H3,(H,26,28,32)/t16?,22-/m1/s1. The fourth-order valence-corrected chi connectivity index (χ4v) is 4.59. The van der Waals surface area contributed by atoms with Crippen molar-refractivity contribution in [2.75, 3.05) is 18.9 Å². The minimum absolute atomic E-state index is 0.0276. The number of benzene rings is 1. The van der Waals surface area contributed by atoms with Gasteiger partial charge in [-0.1, -0.05) is 18.2 Å². The van der Waals surface area contributed by atoms with Crippen LogP contribution >= 0.6 is 0 Å². The molecule has 164 valence electrons. The molecule has 7 nitrogen and oxygen atoms in total. The molecule has 2 aliphatic heterocycles. The molecule has 7 heteroatoms. The molecule has 1 unspecified atom stereocenters. The number of carbonyl (C=O) groups is 2. The lowest BCUT2D eigenvalue weighted by molar-refractivity contribution is -0.126. The van der Waals surface area contributed by atoms with Crippen molar-refractivity contribution in [2.24, 2.45) is 0 Å². The first-order chi connectivity index (χ1) is 15.5. The van der Waals surface area contributed by atoms with Gasteiger partial charge in [-0.05, 0) is 61.5 Å². The maximum atomic E-state index is 12.8. The third-order valence-electron chi connectivity index (χ3n) is 6.62. The molecule has 2 atom stereocenters. The molecule has 3 aromatic rings. The van der Waals surface area contributed by atoms with Gasteiger partial charge in [-0.15, -0.1) is 0 Å². The van der Waals surface area contributed by atoms with Gasteiger partial charge in [-0.2, -0.15) is 0 Å². The molecule has 0 spiro atoms. The largest absolute Gasteiger partial charge is 0.357 e. The number of hydrogen-bond donors (Lipinski definition) is 2. The number of nitrogens with zero attached hydrogens (tertiary/aromatic N) is 3. The molecule has 5 rings (SSSR count). The third kappa shape index (κ3) is 3.80. The summed E-state index contributed by atoms with van der Waals surface area (Å²) < 4.78 is 0. The normalized spacial score (nSPS) is 19.4. The molecule has 1 saturated heterocycles. The van der Waals surface area contributed by atoms with Crippen molar-refractivity contribution in [2.45, 2.75) is 38.4 Å². The van der Waals surface area contributed by atoms with Crippen molar-refractivity contribution in [1.82, 2.24) is 19.8 Å². The van der Waals surface area contributed by atoms with E-state index < -0.39 is 0 Å². The van der Waals surface area contributed by atoms with E-state index in [2.05, 4.69) is 32.3 Å². The second-order valence-corrected chi connectivity index (χ2v) is 8.66. The summed E-state index contributed by atoms with van der Waals surface area (Å²) in [6, 6.07) is 12.0. The zero-order chi connectivity index (χ0) is 22.2. The molecule has 2 amide bonds. The average molecular weight is 430 g/mol. The monoisotopic (exact) mass is 429 g/mol. The lowest BCUT2D eigenvalue weighted by Gasteiger charge is -2.22. The Morgan fingerprint density at radius 2 is 2.16 bits per heavy atom. The van der Waals surface area contributed by atoms with E-state index in [1.165, 1.54) is 0 Å². The van der Waals surface area contributed by atoms with E-state index in [1.54, 1.807) is 30.3 Å². The summed E-state index contributed by atoms with van der Waals surface area (Å²) in [6.07, 6.45) is 6.99. The van der Waals surface area contributed by atoms with Gasteiger partial charge < -0.3 is 15.2 Å². The zero-order valence-corrected chi connectivity index (χ0v) is 18.3. The number of fused-ring (bicyclic) bond motifs is 3. The van der Waals surface area contributed by atoms with Gasteiger partial charge in [0.1, 0.15) is 5.82 Å². The van der Waals surface area contributed by atoms with Crippen LogP contribution in [-0.2, 0) is 16.1 Å². The van der Waals surface area contributed by atoms with E-state index in [0.717, 1.165) is 47.1 Å². The molecule has 2 aromatic heterocycles. The minimum atomic E-state index is -0.0907. The molecule has 0 radical (unpaired) electrons. The van der Waals surface area contributed by atoms with Gasteiger partial charge in [0, 0.05) is 42.6 Å². The number of rotatable bonds is 4. The number of nitrogens with one attached hydrogen (secondary N) is 2. The highest BCUT2D eigenvalue weighted by Gasteiger charge is 2.34. The first-order valence-corrected chi connectivity index (χ1v) is 11.1. The quantitative estimate of drug-likeness (QED) is 0.620. The Morgan fingerprint density at radius 3 is 3.00 bits per heavy atom. The Balaban J connectivity index is 1.30. The first-order valence-electron chi connectivity index (χ1n) is 11.1. The maximum Gasteiger partial charge on any atom is 0.246 e. The number of hydrogen-bond acceptors (Lipinski definition) is 4. The van der Waals surface area contributed by atoms with Crippen LogP contribution in [0.2, 0.25) is 0 Å². The average Bonchev–Trinajstić information content (AvgIpc) is 3.42.